The maximum absolute atomic E-state index is 13.1. The van der Waals surface area contributed by atoms with E-state index in [-0.39, 0.29) is 18.2 Å². The van der Waals surface area contributed by atoms with E-state index >= 15 is 0 Å². The van der Waals surface area contributed by atoms with Gasteiger partial charge in [-0.1, -0.05) is 24.0 Å². The van der Waals surface area contributed by atoms with Crippen molar-refractivity contribution in [3.05, 3.63) is 65.5 Å². The number of hydrogen-bond acceptors (Lipinski definition) is 3. The molecule has 0 aromatic heterocycles. The van der Waals surface area contributed by atoms with Gasteiger partial charge >= 0.3 is 0 Å². The van der Waals surface area contributed by atoms with Gasteiger partial charge in [0.1, 0.15) is 5.82 Å². The van der Waals surface area contributed by atoms with E-state index in [9.17, 15) is 17.6 Å². The van der Waals surface area contributed by atoms with Crippen LogP contribution in [0, 0.1) is 17.7 Å². The molecule has 0 saturated heterocycles. The Kier molecular flexibility index (Phi) is 6.28. The number of carbonyl (C=O) groups excluding carboxylic acids is 1. The van der Waals surface area contributed by atoms with Gasteiger partial charge in [0.15, 0.2) is 0 Å². The summed E-state index contributed by atoms with van der Waals surface area (Å²) in [5.74, 6) is 4.59. The van der Waals surface area contributed by atoms with Gasteiger partial charge in [-0.3, -0.25) is 4.79 Å². The van der Waals surface area contributed by atoms with Crippen LogP contribution in [0.5, 0.6) is 0 Å². The molecule has 0 fully saturated rings. The number of sulfonamides is 1. The van der Waals surface area contributed by atoms with Crippen molar-refractivity contribution in [2.75, 3.05) is 11.9 Å². The Morgan fingerprint density at radius 3 is 2.52 bits per heavy atom. The third-order valence-corrected chi connectivity index (χ3v) is 4.36. The zero-order valence-electron chi connectivity index (χ0n) is 13.5. The highest BCUT2D eigenvalue weighted by Crippen LogP contribution is 2.09. The van der Waals surface area contributed by atoms with Crippen molar-refractivity contribution in [1.29, 1.82) is 0 Å². The van der Waals surface area contributed by atoms with Gasteiger partial charge in [-0.2, -0.15) is 0 Å². The second kappa shape index (κ2) is 8.42. The molecule has 0 aliphatic heterocycles. The SMILES string of the molecule is CC(=O)Nc1ccc(C#CCNS(=O)(=O)Cc2cccc(F)c2)cc1. The highest BCUT2D eigenvalue weighted by Gasteiger charge is 2.10. The van der Waals surface area contributed by atoms with Crippen LogP contribution in [0.15, 0.2) is 48.5 Å². The fourth-order valence-corrected chi connectivity index (χ4v) is 3.04. The molecule has 130 valence electrons. The second-order valence-electron chi connectivity index (χ2n) is 5.27. The maximum Gasteiger partial charge on any atom is 0.221 e. The first-order valence-electron chi connectivity index (χ1n) is 7.42. The fourth-order valence-electron chi connectivity index (χ4n) is 2.03. The average Bonchev–Trinajstić information content (AvgIpc) is 2.52. The van der Waals surface area contributed by atoms with Crippen LogP contribution >= 0.6 is 0 Å². The van der Waals surface area contributed by atoms with E-state index < -0.39 is 15.8 Å². The molecule has 0 heterocycles. The first-order chi connectivity index (χ1) is 11.8. The molecule has 5 nitrogen and oxygen atoms in total. The lowest BCUT2D eigenvalue weighted by Gasteiger charge is -2.04. The van der Waals surface area contributed by atoms with E-state index in [4.69, 9.17) is 0 Å². The molecule has 2 aromatic carbocycles. The summed E-state index contributed by atoms with van der Waals surface area (Å²) in [6, 6.07) is 12.3. The Bertz CT molecular complexity index is 913. The molecule has 2 N–H and O–H groups in total. The summed E-state index contributed by atoms with van der Waals surface area (Å²) in [6.07, 6.45) is 0. The minimum Gasteiger partial charge on any atom is -0.326 e. The molecule has 0 radical (unpaired) electrons. The van der Waals surface area contributed by atoms with E-state index in [2.05, 4.69) is 21.9 Å². The molecule has 0 bridgehead atoms. The lowest BCUT2D eigenvalue weighted by atomic mass is 10.2. The van der Waals surface area contributed by atoms with Crippen molar-refractivity contribution in [1.82, 2.24) is 4.72 Å². The standard InChI is InChI=1S/C18H17FN2O3S/c1-14(22)21-18-9-7-15(8-10-18)5-3-11-20-25(23,24)13-16-4-2-6-17(19)12-16/h2,4,6-10,12,20H,11,13H2,1H3,(H,21,22). The molecule has 0 unspecified atom stereocenters. The molecule has 0 aliphatic rings. The summed E-state index contributed by atoms with van der Waals surface area (Å²) >= 11 is 0. The highest BCUT2D eigenvalue weighted by atomic mass is 32.2. The predicted octanol–water partition coefficient (Wildman–Crippen LogP) is 2.26. The molecule has 0 saturated carbocycles. The summed E-state index contributed by atoms with van der Waals surface area (Å²) < 4.78 is 39.3. The molecule has 25 heavy (non-hydrogen) atoms. The molecular weight excluding hydrogens is 343 g/mol. The number of benzene rings is 2. The third-order valence-electron chi connectivity index (χ3n) is 3.06. The van der Waals surface area contributed by atoms with Gasteiger partial charge in [-0.05, 0) is 42.0 Å². The van der Waals surface area contributed by atoms with Crippen molar-refractivity contribution >= 4 is 21.6 Å². The van der Waals surface area contributed by atoms with Crippen molar-refractivity contribution in [3.8, 4) is 11.8 Å². The smallest absolute Gasteiger partial charge is 0.221 e. The molecule has 0 atom stereocenters. The molecule has 2 rings (SSSR count). The monoisotopic (exact) mass is 360 g/mol. The number of carbonyl (C=O) groups is 1. The summed E-state index contributed by atoms with van der Waals surface area (Å²) in [4.78, 5) is 10.9. The average molecular weight is 360 g/mol. The molecule has 1 amide bonds. The number of halogens is 1. The minimum atomic E-state index is -3.59. The van der Waals surface area contributed by atoms with Gasteiger partial charge in [-0.25, -0.2) is 17.5 Å². The second-order valence-corrected chi connectivity index (χ2v) is 7.08. The van der Waals surface area contributed by atoms with Crippen molar-refractivity contribution < 1.29 is 17.6 Å². The van der Waals surface area contributed by atoms with Crippen molar-refractivity contribution in [2.45, 2.75) is 12.7 Å². The Morgan fingerprint density at radius 2 is 1.88 bits per heavy atom. The van der Waals surface area contributed by atoms with E-state index in [0.717, 1.165) is 0 Å². The van der Waals surface area contributed by atoms with Gasteiger partial charge < -0.3 is 5.32 Å². The van der Waals surface area contributed by atoms with E-state index in [0.29, 0.717) is 16.8 Å². The van der Waals surface area contributed by atoms with Gasteiger partial charge in [0.25, 0.3) is 0 Å². The van der Waals surface area contributed by atoms with Gasteiger partial charge in [0.2, 0.25) is 15.9 Å². The lowest BCUT2D eigenvalue weighted by molar-refractivity contribution is -0.114. The van der Waals surface area contributed by atoms with Crippen LogP contribution in [0.25, 0.3) is 0 Å². The van der Waals surface area contributed by atoms with Crippen molar-refractivity contribution in [3.63, 3.8) is 0 Å². The molecule has 0 spiro atoms. The summed E-state index contributed by atoms with van der Waals surface area (Å²) in [7, 11) is -3.59. The zero-order chi connectivity index (χ0) is 18.3. The van der Waals surface area contributed by atoms with Gasteiger partial charge in [-0.15, -0.1) is 0 Å². The molecular formula is C18H17FN2O3S. The summed E-state index contributed by atoms with van der Waals surface area (Å²) in [5, 5.41) is 2.64. The van der Waals surface area contributed by atoms with Crippen LogP contribution in [0.2, 0.25) is 0 Å². The third kappa shape index (κ3) is 6.75. The predicted molar refractivity (Wildman–Crippen MR) is 94.7 cm³/mol. The van der Waals surface area contributed by atoms with Crippen LogP contribution in [0.4, 0.5) is 10.1 Å². The normalized spacial score (nSPS) is 10.6. The Morgan fingerprint density at radius 1 is 1.16 bits per heavy atom. The van der Waals surface area contributed by atoms with Crippen LogP contribution in [-0.4, -0.2) is 20.9 Å². The first-order valence-corrected chi connectivity index (χ1v) is 9.07. The molecule has 7 heteroatoms. The van der Waals surface area contributed by atoms with E-state index in [1.165, 1.54) is 25.1 Å². The zero-order valence-corrected chi connectivity index (χ0v) is 14.4. The van der Waals surface area contributed by atoms with Crippen LogP contribution in [0.3, 0.4) is 0 Å². The Hall–Kier alpha value is -2.69. The number of nitrogens with one attached hydrogen (secondary N) is 2. The van der Waals surface area contributed by atoms with Crippen LogP contribution in [0.1, 0.15) is 18.1 Å². The maximum atomic E-state index is 13.1. The van der Waals surface area contributed by atoms with Crippen LogP contribution in [-0.2, 0) is 20.6 Å². The van der Waals surface area contributed by atoms with E-state index in [1.54, 1.807) is 30.3 Å². The van der Waals surface area contributed by atoms with Crippen LogP contribution < -0.4 is 10.0 Å². The fraction of sp³-hybridized carbons (Fsp3) is 0.167. The van der Waals surface area contributed by atoms with E-state index in [1.807, 2.05) is 0 Å². The van der Waals surface area contributed by atoms with Gasteiger partial charge in [0, 0.05) is 18.2 Å². The number of anilines is 1. The molecule has 0 aliphatic carbocycles. The minimum absolute atomic E-state index is 0.0505. The molecule has 2 aromatic rings. The first kappa shape index (κ1) is 18.6. The number of amides is 1. The quantitative estimate of drug-likeness (QED) is 0.803. The number of hydrogen-bond donors (Lipinski definition) is 2. The topological polar surface area (TPSA) is 75.3 Å². The summed E-state index contributed by atoms with van der Waals surface area (Å²) in [5.41, 5.74) is 1.72. The van der Waals surface area contributed by atoms with Gasteiger partial charge in [0.05, 0.1) is 12.3 Å². The Balaban J connectivity index is 1.89. The number of rotatable bonds is 5. The summed E-state index contributed by atoms with van der Waals surface area (Å²) in [6.45, 7) is 1.37. The Labute approximate surface area is 146 Å². The lowest BCUT2D eigenvalue weighted by Crippen LogP contribution is -2.25. The highest BCUT2D eigenvalue weighted by molar-refractivity contribution is 7.88. The van der Waals surface area contributed by atoms with Crippen molar-refractivity contribution in [2.24, 2.45) is 0 Å². The largest absolute Gasteiger partial charge is 0.326 e.